The molecule has 6 nitrogen and oxygen atoms in total. The van der Waals surface area contributed by atoms with Gasteiger partial charge in [0.25, 0.3) is 5.92 Å². The van der Waals surface area contributed by atoms with Crippen molar-refractivity contribution in [2.24, 2.45) is 17.8 Å². The highest BCUT2D eigenvalue weighted by molar-refractivity contribution is 5.66. The molecule has 8 heteroatoms. The standard InChI is InChI=1S/C26H46F2O6/c1-3-18(2)17-26(27,28)23(30)14-13-20-19(10-6-4-5-7-11-24(31)32)21(29)16-22(20)34-25-12-8-9-15-33-25/h18-23,25,29-30H,3-17H2,1-2H3,(H,31,32)/t18-,19+,20+,21+,22+,23?,25?/m0/s1. The molecular formula is C26H46F2O6. The number of aliphatic hydroxyl groups excluding tert-OH is 2. The Kier molecular flexibility index (Phi) is 12.7. The van der Waals surface area contributed by atoms with Crippen LogP contribution in [0.3, 0.4) is 0 Å². The number of hydrogen-bond acceptors (Lipinski definition) is 5. The number of ether oxygens (including phenoxy) is 2. The predicted molar refractivity (Wildman–Crippen MR) is 126 cm³/mol. The number of halogens is 2. The number of aliphatic hydroxyl groups is 2. The first-order valence-electron chi connectivity index (χ1n) is 13.4. The summed E-state index contributed by atoms with van der Waals surface area (Å²) < 4.78 is 41.1. The monoisotopic (exact) mass is 492 g/mol. The van der Waals surface area contributed by atoms with Crippen LogP contribution < -0.4 is 0 Å². The normalized spacial score (nSPS) is 29.8. The Morgan fingerprint density at radius 1 is 1.15 bits per heavy atom. The van der Waals surface area contributed by atoms with E-state index in [2.05, 4.69) is 0 Å². The van der Waals surface area contributed by atoms with E-state index < -0.39 is 24.1 Å². The van der Waals surface area contributed by atoms with Crippen LogP contribution in [0.15, 0.2) is 0 Å². The molecule has 7 atom stereocenters. The zero-order valence-electron chi connectivity index (χ0n) is 21.0. The van der Waals surface area contributed by atoms with Crippen molar-refractivity contribution < 1.29 is 38.4 Å². The third kappa shape index (κ3) is 9.67. The van der Waals surface area contributed by atoms with Gasteiger partial charge in [-0.2, -0.15) is 0 Å². The molecule has 0 spiro atoms. The van der Waals surface area contributed by atoms with E-state index in [-0.39, 0.29) is 49.4 Å². The van der Waals surface area contributed by atoms with Crippen molar-refractivity contribution in [1.82, 2.24) is 0 Å². The van der Waals surface area contributed by atoms with Gasteiger partial charge in [-0.05, 0) is 62.7 Å². The first kappa shape index (κ1) is 29.4. The van der Waals surface area contributed by atoms with E-state index in [1.54, 1.807) is 6.92 Å². The SMILES string of the molecule is CC[C@H](C)CC(F)(F)C(O)CC[C@@H]1[C@@H](CCCCCCC(=O)O)[C@H](O)C[C@H]1OC1CCCCO1. The summed E-state index contributed by atoms with van der Waals surface area (Å²) in [5, 5.41) is 29.9. The number of alkyl halides is 2. The maximum atomic E-state index is 14.6. The van der Waals surface area contributed by atoms with Gasteiger partial charge in [0.05, 0.1) is 12.2 Å². The molecule has 1 heterocycles. The molecule has 2 rings (SSSR count). The van der Waals surface area contributed by atoms with Crippen molar-refractivity contribution >= 4 is 5.97 Å². The van der Waals surface area contributed by atoms with E-state index in [0.29, 0.717) is 32.3 Å². The van der Waals surface area contributed by atoms with Crippen molar-refractivity contribution in [1.29, 1.82) is 0 Å². The minimum absolute atomic E-state index is 0.0265. The van der Waals surface area contributed by atoms with E-state index in [1.807, 2.05) is 6.92 Å². The van der Waals surface area contributed by atoms with Crippen LogP contribution in [-0.2, 0) is 14.3 Å². The lowest BCUT2D eigenvalue weighted by atomic mass is 9.83. The number of carbonyl (C=O) groups is 1. The molecule has 0 amide bonds. The van der Waals surface area contributed by atoms with Gasteiger partial charge in [-0.3, -0.25) is 4.79 Å². The second kappa shape index (κ2) is 14.7. The second-order valence-electron chi connectivity index (χ2n) is 10.5. The summed E-state index contributed by atoms with van der Waals surface area (Å²) in [6.45, 7) is 4.29. The molecule has 0 aromatic carbocycles. The smallest absolute Gasteiger partial charge is 0.303 e. The Balaban J connectivity index is 1.96. The van der Waals surface area contributed by atoms with Gasteiger partial charge in [0.2, 0.25) is 0 Å². The van der Waals surface area contributed by atoms with Crippen molar-refractivity contribution in [3.63, 3.8) is 0 Å². The summed E-state index contributed by atoms with van der Waals surface area (Å²) in [5.41, 5.74) is 0. The molecule has 2 fully saturated rings. The average Bonchev–Trinajstić information content (AvgIpc) is 3.08. The summed E-state index contributed by atoms with van der Waals surface area (Å²) in [5.74, 6) is -4.28. The van der Waals surface area contributed by atoms with Gasteiger partial charge in [0.15, 0.2) is 6.29 Å². The molecule has 1 aliphatic heterocycles. The quantitative estimate of drug-likeness (QED) is 0.245. The Bertz CT molecular complexity index is 584. The van der Waals surface area contributed by atoms with Crippen molar-refractivity contribution in [2.45, 2.75) is 134 Å². The Labute approximate surface area is 203 Å². The van der Waals surface area contributed by atoms with Gasteiger partial charge in [-0.15, -0.1) is 0 Å². The van der Waals surface area contributed by atoms with Gasteiger partial charge >= 0.3 is 5.97 Å². The summed E-state index contributed by atoms with van der Waals surface area (Å²) in [6, 6.07) is 0. The molecule has 200 valence electrons. The zero-order chi connectivity index (χ0) is 25.1. The molecule has 1 aliphatic carbocycles. The van der Waals surface area contributed by atoms with Gasteiger partial charge in [-0.1, -0.05) is 39.5 Å². The van der Waals surface area contributed by atoms with Crippen LogP contribution in [0.25, 0.3) is 0 Å². The molecule has 3 N–H and O–H groups in total. The molecule has 34 heavy (non-hydrogen) atoms. The highest BCUT2D eigenvalue weighted by Gasteiger charge is 2.45. The highest BCUT2D eigenvalue weighted by atomic mass is 19.3. The molecule has 1 saturated heterocycles. The van der Waals surface area contributed by atoms with Crippen LogP contribution in [0.2, 0.25) is 0 Å². The minimum atomic E-state index is -3.13. The van der Waals surface area contributed by atoms with Crippen LogP contribution in [0.1, 0.15) is 104 Å². The van der Waals surface area contributed by atoms with E-state index in [9.17, 15) is 23.8 Å². The first-order chi connectivity index (χ1) is 16.1. The summed E-state index contributed by atoms with van der Waals surface area (Å²) >= 11 is 0. The van der Waals surface area contributed by atoms with E-state index >= 15 is 0 Å². The van der Waals surface area contributed by atoms with Crippen molar-refractivity contribution in [3.05, 3.63) is 0 Å². The van der Waals surface area contributed by atoms with Crippen LogP contribution >= 0.6 is 0 Å². The molecule has 0 radical (unpaired) electrons. The van der Waals surface area contributed by atoms with Gasteiger partial charge in [0.1, 0.15) is 6.10 Å². The van der Waals surface area contributed by atoms with E-state index in [0.717, 1.165) is 44.9 Å². The van der Waals surface area contributed by atoms with Gasteiger partial charge in [-0.25, -0.2) is 8.78 Å². The third-order valence-electron chi connectivity index (χ3n) is 7.72. The Morgan fingerprint density at radius 2 is 1.88 bits per heavy atom. The molecule has 1 saturated carbocycles. The minimum Gasteiger partial charge on any atom is -0.481 e. The lowest BCUT2D eigenvalue weighted by molar-refractivity contribution is -0.197. The number of unbranched alkanes of at least 4 members (excludes halogenated alkanes) is 3. The van der Waals surface area contributed by atoms with Crippen molar-refractivity contribution in [3.8, 4) is 0 Å². The van der Waals surface area contributed by atoms with Crippen LogP contribution in [0.4, 0.5) is 8.78 Å². The number of carboxylic acids is 1. The Morgan fingerprint density at radius 3 is 2.53 bits per heavy atom. The molecule has 0 aromatic heterocycles. The summed E-state index contributed by atoms with van der Waals surface area (Å²) in [4.78, 5) is 10.7. The number of hydrogen-bond donors (Lipinski definition) is 3. The zero-order valence-corrected chi connectivity index (χ0v) is 21.0. The first-order valence-corrected chi connectivity index (χ1v) is 13.4. The van der Waals surface area contributed by atoms with E-state index in [1.165, 1.54) is 0 Å². The maximum absolute atomic E-state index is 14.6. The molecule has 2 aliphatic rings. The van der Waals surface area contributed by atoms with Crippen LogP contribution in [-0.4, -0.2) is 58.4 Å². The fourth-order valence-electron chi connectivity index (χ4n) is 5.44. The van der Waals surface area contributed by atoms with Crippen molar-refractivity contribution in [2.75, 3.05) is 6.61 Å². The molecular weight excluding hydrogens is 446 g/mol. The average molecular weight is 493 g/mol. The molecule has 0 aromatic rings. The van der Waals surface area contributed by atoms with Crippen LogP contribution in [0.5, 0.6) is 0 Å². The fourth-order valence-corrected chi connectivity index (χ4v) is 5.44. The summed E-state index contributed by atoms with van der Waals surface area (Å²) in [6.07, 6.45) is 5.12. The maximum Gasteiger partial charge on any atom is 0.303 e. The fraction of sp³-hybridized carbons (Fsp3) is 0.962. The summed E-state index contributed by atoms with van der Waals surface area (Å²) in [7, 11) is 0. The lowest BCUT2D eigenvalue weighted by Gasteiger charge is -2.32. The topological polar surface area (TPSA) is 96.2 Å². The number of carboxylic acid groups (broad SMARTS) is 1. The number of rotatable bonds is 16. The van der Waals surface area contributed by atoms with Crippen LogP contribution in [0, 0.1) is 17.8 Å². The van der Waals surface area contributed by atoms with Gasteiger partial charge < -0.3 is 24.8 Å². The Hall–Kier alpha value is -0.830. The van der Waals surface area contributed by atoms with Gasteiger partial charge in [0, 0.05) is 25.9 Å². The molecule has 2 unspecified atom stereocenters. The molecule has 0 bridgehead atoms. The lowest BCUT2D eigenvalue weighted by Crippen LogP contribution is -2.37. The largest absolute Gasteiger partial charge is 0.481 e. The number of aliphatic carboxylic acids is 1. The highest BCUT2D eigenvalue weighted by Crippen LogP contribution is 2.43. The predicted octanol–water partition coefficient (Wildman–Crippen LogP) is 5.53. The van der Waals surface area contributed by atoms with E-state index in [4.69, 9.17) is 14.6 Å². The second-order valence-corrected chi connectivity index (χ2v) is 10.5. The third-order valence-corrected chi connectivity index (χ3v) is 7.72.